The van der Waals surface area contributed by atoms with E-state index in [4.69, 9.17) is 4.74 Å². The van der Waals surface area contributed by atoms with E-state index in [0.717, 1.165) is 37.9 Å². The summed E-state index contributed by atoms with van der Waals surface area (Å²) in [6.45, 7) is 4.52. The molecule has 0 fully saturated rings. The Bertz CT molecular complexity index is 521. The van der Waals surface area contributed by atoms with Gasteiger partial charge in [-0.3, -0.25) is 9.36 Å². The number of ether oxygens (including phenoxy) is 1. The van der Waals surface area contributed by atoms with Gasteiger partial charge in [0.25, 0.3) is 0 Å². The van der Waals surface area contributed by atoms with Gasteiger partial charge < -0.3 is 10.1 Å². The van der Waals surface area contributed by atoms with Crippen molar-refractivity contribution in [1.29, 1.82) is 0 Å². The molecule has 0 unspecified atom stereocenters. The van der Waals surface area contributed by atoms with Crippen molar-refractivity contribution < 1.29 is 9.53 Å². The van der Waals surface area contributed by atoms with Gasteiger partial charge in [-0.1, -0.05) is 6.42 Å². The zero-order valence-corrected chi connectivity index (χ0v) is 12.6. The number of nitrogens with zero attached hydrogens (tertiary/aromatic N) is 3. The Morgan fingerprint density at radius 1 is 1.38 bits per heavy atom. The topological polar surface area (TPSA) is 78.2 Å². The van der Waals surface area contributed by atoms with E-state index in [1.165, 1.54) is 4.68 Å². The lowest BCUT2D eigenvalue weighted by molar-refractivity contribution is -0.121. The Kier molecular flexibility index (Phi) is 5.98. The maximum absolute atomic E-state index is 12.2. The fourth-order valence-electron chi connectivity index (χ4n) is 2.47. The molecular weight excluding hydrogens is 272 g/mol. The highest BCUT2D eigenvalue weighted by Gasteiger charge is 2.16. The smallest absolute Gasteiger partial charge is 0.346 e. The summed E-state index contributed by atoms with van der Waals surface area (Å²) in [7, 11) is 0. The van der Waals surface area contributed by atoms with Gasteiger partial charge in [0.1, 0.15) is 12.4 Å². The van der Waals surface area contributed by atoms with E-state index in [1.54, 1.807) is 4.57 Å². The van der Waals surface area contributed by atoms with Crippen LogP contribution >= 0.6 is 0 Å². The fraction of sp³-hybridized carbons (Fsp3) is 0.786. The number of fused-ring (bicyclic) bond motifs is 1. The molecule has 2 rings (SSSR count). The third-order valence-electron chi connectivity index (χ3n) is 3.57. The molecule has 1 N–H and O–H groups in total. The maximum Gasteiger partial charge on any atom is 0.346 e. The average molecular weight is 296 g/mol. The van der Waals surface area contributed by atoms with Crippen molar-refractivity contribution in [2.75, 3.05) is 19.8 Å². The predicted molar refractivity (Wildman–Crippen MR) is 78.2 cm³/mol. The number of carbonyl (C=O) groups excluding carboxylic acids is 1. The van der Waals surface area contributed by atoms with Crippen molar-refractivity contribution in [3.8, 4) is 0 Å². The monoisotopic (exact) mass is 296 g/mol. The Balaban J connectivity index is 1.85. The van der Waals surface area contributed by atoms with Crippen LogP contribution in [0.3, 0.4) is 0 Å². The molecule has 0 atom stereocenters. The molecule has 0 spiro atoms. The van der Waals surface area contributed by atoms with Crippen LogP contribution in [0.15, 0.2) is 4.79 Å². The summed E-state index contributed by atoms with van der Waals surface area (Å²) in [6.07, 6.45) is 4.78. The lowest BCUT2D eigenvalue weighted by Crippen LogP contribution is -2.34. The van der Waals surface area contributed by atoms with Crippen molar-refractivity contribution in [2.24, 2.45) is 0 Å². The van der Waals surface area contributed by atoms with Crippen molar-refractivity contribution in [1.82, 2.24) is 19.7 Å². The van der Waals surface area contributed by atoms with Crippen molar-refractivity contribution in [3.05, 3.63) is 16.3 Å². The minimum Gasteiger partial charge on any atom is -0.382 e. The van der Waals surface area contributed by atoms with Crippen LogP contribution in [0.2, 0.25) is 0 Å². The molecule has 0 aromatic carbocycles. The van der Waals surface area contributed by atoms with Crippen LogP contribution in [-0.2, 0) is 29.0 Å². The number of hydrogen-bond acceptors (Lipinski definition) is 4. The lowest BCUT2D eigenvalue weighted by Gasteiger charge is -2.05. The van der Waals surface area contributed by atoms with E-state index in [-0.39, 0.29) is 18.1 Å². The molecule has 21 heavy (non-hydrogen) atoms. The molecule has 1 amide bonds. The summed E-state index contributed by atoms with van der Waals surface area (Å²) in [5.41, 5.74) is -0.170. The van der Waals surface area contributed by atoms with Gasteiger partial charge in [-0.25, -0.2) is 9.48 Å². The highest BCUT2D eigenvalue weighted by atomic mass is 16.5. The first-order chi connectivity index (χ1) is 10.2. The number of nitrogens with one attached hydrogen (secondary N) is 1. The Labute approximate surface area is 124 Å². The zero-order chi connectivity index (χ0) is 15.1. The van der Waals surface area contributed by atoms with Gasteiger partial charge in [0.05, 0.1) is 0 Å². The van der Waals surface area contributed by atoms with E-state index >= 15 is 0 Å². The van der Waals surface area contributed by atoms with E-state index in [0.29, 0.717) is 26.3 Å². The summed E-state index contributed by atoms with van der Waals surface area (Å²) < 4.78 is 8.18. The molecule has 0 saturated carbocycles. The summed E-state index contributed by atoms with van der Waals surface area (Å²) in [5.74, 6) is 0.628. The SMILES string of the molecule is CCOCCCNC(=O)Cn1nc2n(c1=O)CCCCC2. The molecule has 0 aliphatic carbocycles. The van der Waals surface area contributed by atoms with Crippen LogP contribution in [0.1, 0.15) is 38.4 Å². The van der Waals surface area contributed by atoms with Crippen LogP contribution in [0.5, 0.6) is 0 Å². The Morgan fingerprint density at radius 3 is 3.05 bits per heavy atom. The van der Waals surface area contributed by atoms with Crippen molar-refractivity contribution in [3.63, 3.8) is 0 Å². The third-order valence-corrected chi connectivity index (χ3v) is 3.57. The first kappa shape index (κ1) is 15.8. The Hall–Kier alpha value is -1.63. The van der Waals surface area contributed by atoms with Gasteiger partial charge in [0.15, 0.2) is 0 Å². The quantitative estimate of drug-likeness (QED) is 0.735. The molecule has 2 heterocycles. The second-order valence-electron chi connectivity index (χ2n) is 5.22. The second kappa shape index (κ2) is 7.97. The molecule has 1 aromatic heterocycles. The van der Waals surface area contributed by atoms with Gasteiger partial charge in [-0.15, -0.1) is 0 Å². The largest absolute Gasteiger partial charge is 0.382 e. The van der Waals surface area contributed by atoms with Crippen LogP contribution in [0.4, 0.5) is 0 Å². The molecule has 7 heteroatoms. The molecule has 0 radical (unpaired) electrons. The van der Waals surface area contributed by atoms with Gasteiger partial charge >= 0.3 is 5.69 Å². The first-order valence-corrected chi connectivity index (χ1v) is 7.73. The van der Waals surface area contributed by atoms with Crippen molar-refractivity contribution in [2.45, 2.75) is 52.1 Å². The van der Waals surface area contributed by atoms with E-state index < -0.39 is 0 Å². The fourth-order valence-corrected chi connectivity index (χ4v) is 2.47. The molecule has 0 saturated heterocycles. The van der Waals surface area contributed by atoms with Crippen LogP contribution in [0, 0.1) is 0 Å². The number of carbonyl (C=O) groups is 1. The number of aromatic nitrogens is 3. The Morgan fingerprint density at radius 2 is 2.24 bits per heavy atom. The summed E-state index contributed by atoms with van der Waals surface area (Å²) in [6, 6.07) is 0. The van der Waals surface area contributed by atoms with Crippen LogP contribution < -0.4 is 11.0 Å². The highest BCUT2D eigenvalue weighted by Crippen LogP contribution is 2.09. The van der Waals surface area contributed by atoms with E-state index in [1.807, 2.05) is 6.92 Å². The molecule has 0 bridgehead atoms. The highest BCUT2D eigenvalue weighted by molar-refractivity contribution is 5.75. The normalized spacial score (nSPS) is 14.5. The predicted octanol–water partition coefficient (Wildman–Crippen LogP) is 0.314. The first-order valence-electron chi connectivity index (χ1n) is 7.73. The van der Waals surface area contributed by atoms with Crippen LogP contribution in [0.25, 0.3) is 0 Å². The summed E-state index contributed by atoms with van der Waals surface area (Å²) in [5, 5.41) is 7.07. The van der Waals surface area contributed by atoms with E-state index in [9.17, 15) is 9.59 Å². The van der Waals surface area contributed by atoms with Crippen LogP contribution in [-0.4, -0.2) is 40.0 Å². The zero-order valence-electron chi connectivity index (χ0n) is 12.6. The average Bonchev–Trinajstić information content (AvgIpc) is 2.66. The van der Waals surface area contributed by atoms with E-state index in [2.05, 4.69) is 10.4 Å². The number of amides is 1. The molecular formula is C14H24N4O3. The molecule has 1 aromatic rings. The maximum atomic E-state index is 12.2. The summed E-state index contributed by atoms with van der Waals surface area (Å²) >= 11 is 0. The third kappa shape index (κ3) is 4.42. The number of rotatable bonds is 7. The number of aryl methyl sites for hydroxylation is 1. The van der Waals surface area contributed by atoms with Crippen molar-refractivity contribution >= 4 is 5.91 Å². The lowest BCUT2D eigenvalue weighted by atomic mass is 10.2. The van der Waals surface area contributed by atoms with Gasteiger partial charge in [-0.2, -0.15) is 5.10 Å². The minimum atomic E-state index is -0.179. The minimum absolute atomic E-state index is 0.00648. The molecule has 7 nitrogen and oxygen atoms in total. The standard InChI is InChI=1S/C14H24N4O3/c1-2-21-10-6-8-15-13(19)11-18-14(20)17-9-5-3-4-7-12(17)16-18/h2-11H2,1H3,(H,15,19). The van der Waals surface area contributed by atoms with Gasteiger partial charge in [0.2, 0.25) is 5.91 Å². The molecule has 1 aliphatic rings. The van der Waals surface area contributed by atoms with Gasteiger partial charge in [0, 0.05) is 32.7 Å². The second-order valence-corrected chi connectivity index (χ2v) is 5.22. The molecule has 118 valence electrons. The number of hydrogen-bond donors (Lipinski definition) is 1. The van der Waals surface area contributed by atoms with Gasteiger partial charge in [-0.05, 0) is 26.2 Å². The summed E-state index contributed by atoms with van der Waals surface area (Å²) in [4.78, 5) is 24.0. The molecule has 1 aliphatic heterocycles.